The van der Waals surface area contributed by atoms with Crippen LogP contribution in [0.1, 0.15) is 60.9 Å². The van der Waals surface area contributed by atoms with Gasteiger partial charge in [-0.05, 0) is 81.4 Å². The molecule has 2 aromatic carbocycles. The molecule has 1 saturated carbocycles. The lowest BCUT2D eigenvalue weighted by molar-refractivity contribution is 0.0901. The van der Waals surface area contributed by atoms with Gasteiger partial charge < -0.3 is 15.2 Å². The number of nitrogens with zero attached hydrogens (tertiary/aromatic N) is 3. The van der Waals surface area contributed by atoms with Gasteiger partial charge in [0.25, 0.3) is 5.91 Å². The average molecular weight is 582 g/mol. The van der Waals surface area contributed by atoms with Crippen molar-refractivity contribution in [3.05, 3.63) is 64.8 Å². The predicted molar refractivity (Wildman–Crippen MR) is 158 cm³/mol. The van der Waals surface area contributed by atoms with Gasteiger partial charge in [0.1, 0.15) is 0 Å². The summed E-state index contributed by atoms with van der Waals surface area (Å²) in [7, 11) is -3.67. The van der Waals surface area contributed by atoms with Gasteiger partial charge in [0, 0.05) is 47.2 Å². The molecule has 0 spiro atoms. The highest BCUT2D eigenvalue weighted by Crippen LogP contribution is 2.45. The number of amides is 1. The Kier molecular flexibility index (Phi) is 6.61. The van der Waals surface area contributed by atoms with Crippen LogP contribution in [0.4, 0.5) is 5.69 Å². The van der Waals surface area contributed by atoms with E-state index in [1.165, 1.54) is 55.1 Å². The molecule has 4 aliphatic rings. The number of hydrogen-bond acceptors (Lipinski definition) is 4. The van der Waals surface area contributed by atoms with E-state index in [9.17, 15) is 13.2 Å². The van der Waals surface area contributed by atoms with Crippen molar-refractivity contribution >= 4 is 44.3 Å². The molecule has 3 aliphatic heterocycles. The molecule has 0 unspecified atom stereocenters. The number of nitrogens with one attached hydrogen (secondary N) is 2. The third-order valence-electron chi connectivity index (χ3n) is 9.67. The first-order valence-electron chi connectivity index (χ1n) is 14.5. The summed E-state index contributed by atoms with van der Waals surface area (Å²) in [6, 6.07) is 13.1. The zero-order valence-electron chi connectivity index (χ0n) is 22.6. The second-order valence-electron chi connectivity index (χ2n) is 12.0. The standard InChI is InChI=1S/C30H36ClN5O3S/c31-25-18-32-27-17-21(6-11-24(25)27)29(37)33-26-5-3-16-35-28(26)19-36(40(35,38)39)23-9-7-22(8-10-23)30(12-4-13-30)20-34-14-1-2-15-34/h6-11,17-18,26,28,32H,1-5,12-16,19-20H2,(H,33,37)/t26-,28+/m0/s1. The maximum absolute atomic E-state index is 13.7. The molecular weight excluding hydrogens is 546 g/mol. The number of carbonyl (C=O) groups excluding carboxylic acids is 1. The second-order valence-corrected chi connectivity index (χ2v) is 14.2. The minimum atomic E-state index is -3.67. The summed E-state index contributed by atoms with van der Waals surface area (Å²) in [6.45, 7) is 4.29. The second kappa shape index (κ2) is 10.0. The maximum atomic E-state index is 13.7. The number of fused-ring (bicyclic) bond motifs is 2. The zero-order chi connectivity index (χ0) is 27.5. The van der Waals surface area contributed by atoms with Crippen LogP contribution in [0.15, 0.2) is 48.7 Å². The number of H-pyrrole nitrogens is 1. The largest absolute Gasteiger partial charge is 0.360 e. The summed E-state index contributed by atoms with van der Waals surface area (Å²) in [5.74, 6) is -0.205. The molecule has 1 aromatic heterocycles. The molecule has 4 heterocycles. The number of aromatic amines is 1. The smallest absolute Gasteiger partial charge is 0.304 e. The van der Waals surface area contributed by atoms with Gasteiger partial charge in [-0.15, -0.1) is 0 Å². The van der Waals surface area contributed by atoms with E-state index in [-0.39, 0.29) is 23.4 Å². The molecule has 2 N–H and O–H groups in total. The molecule has 8 nitrogen and oxygen atoms in total. The van der Waals surface area contributed by atoms with Crippen LogP contribution >= 0.6 is 11.6 Å². The predicted octanol–water partition coefficient (Wildman–Crippen LogP) is 4.67. The van der Waals surface area contributed by atoms with Gasteiger partial charge in [-0.1, -0.05) is 36.2 Å². The quantitative estimate of drug-likeness (QED) is 0.443. The van der Waals surface area contributed by atoms with Crippen LogP contribution in [0.3, 0.4) is 0 Å². The first-order valence-corrected chi connectivity index (χ1v) is 16.3. The fourth-order valence-corrected chi connectivity index (χ4v) is 9.42. The van der Waals surface area contributed by atoms with Crippen molar-refractivity contribution in [3.8, 4) is 0 Å². The Balaban J connectivity index is 1.08. The van der Waals surface area contributed by atoms with Crippen LogP contribution in [-0.4, -0.2) is 73.3 Å². The number of carbonyl (C=O) groups is 1. The number of likely N-dealkylation sites (tertiary alicyclic amines) is 1. The molecule has 1 aliphatic carbocycles. The van der Waals surface area contributed by atoms with Gasteiger partial charge in [0.2, 0.25) is 0 Å². The normalized spacial score (nSPS) is 26.1. The fraction of sp³-hybridized carbons (Fsp3) is 0.500. The van der Waals surface area contributed by atoms with Crippen LogP contribution in [0.25, 0.3) is 10.9 Å². The first kappa shape index (κ1) is 26.3. The summed E-state index contributed by atoms with van der Waals surface area (Å²) < 4.78 is 30.5. The lowest BCUT2D eigenvalue weighted by Gasteiger charge is -2.45. The van der Waals surface area contributed by atoms with Crippen LogP contribution in [0.5, 0.6) is 0 Å². The maximum Gasteiger partial charge on any atom is 0.304 e. The van der Waals surface area contributed by atoms with E-state index >= 15 is 0 Å². The molecule has 1 amide bonds. The minimum absolute atomic E-state index is 0.202. The molecular formula is C30H36ClN5O3S. The molecule has 4 fully saturated rings. The van der Waals surface area contributed by atoms with E-state index in [2.05, 4.69) is 27.3 Å². The molecule has 3 aromatic rings. The Morgan fingerprint density at radius 2 is 1.80 bits per heavy atom. The lowest BCUT2D eigenvalue weighted by Crippen LogP contribution is -2.54. The number of aromatic nitrogens is 1. The summed E-state index contributed by atoms with van der Waals surface area (Å²) in [5.41, 5.74) is 3.55. The van der Waals surface area contributed by atoms with E-state index < -0.39 is 10.2 Å². The Morgan fingerprint density at radius 1 is 1.02 bits per heavy atom. The van der Waals surface area contributed by atoms with Crippen molar-refractivity contribution < 1.29 is 13.2 Å². The molecule has 212 valence electrons. The highest BCUT2D eigenvalue weighted by atomic mass is 35.5. The molecule has 3 saturated heterocycles. The topological polar surface area (TPSA) is 88.8 Å². The Morgan fingerprint density at radius 3 is 2.52 bits per heavy atom. The number of halogens is 1. The summed E-state index contributed by atoms with van der Waals surface area (Å²) in [6.07, 6.45) is 9.39. The zero-order valence-corrected chi connectivity index (χ0v) is 24.2. The van der Waals surface area contributed by atoms with Crippen molar-refractivity contribution in [2.75, 3.05) is 37.0 Å². The number of hydrogen-bond donors (Lipinski definition) is 2. The Bertz CT molecular complexity index is 1530. The Labute approximate surface area is 240 Å². The van der Waals surface area contributed by atoms with Crippen molar-refractivity contribution in [3.63, 3.8) is 0 Å². The van der Waals surface area contributed by atoms with E-state index in [0.29, 0.717) is 35.8 Å². The average Bonchev–Trinajstić information content (AvgIpc) is 3.65. The highest BCUT2D eigenvalue weighted by molar-refractivity contribution is 7.90. The Hall–Kier alpha value is -2.59. The van der Waals surface area contributed by atoms with Crippen molar-refractivity contribution in [2.24, 2.45) is 0 Å². The molecule has 0 radical (unpaired) electrons. The molecule has 10 heteroatoms. The van der Waals surface area contributed by atoms with E-state index in [1.807, 2.05) is 18.2 Å². The molecule has 0 bridgehead atoms. The van der Waals surface area contributed by atoms with Gasteiger partial charge in [-0.2, -0.15) is 12.7 Å². The number of anilines is 1. The third kappa shape index (κ3) is 4.42. The third-order valence-corrected chi connectivity index (χ3v) is 11.9. The molecule has 7 rings (SSSR count). The van der Waals surface area contributed by atoms with Gasteiger partial charge in [0.05, 0.1) is 23.3 Å². The van der Waals surface area contributed by atoms with Crippen molar-refractivity contribution in [1.29, 1.82) is 0 Å². The monoisotopic (exact) mass is 581 g/mol. The van der Waals surface area contributed by atoms with Gasteiger partial charge in [-0.3, -0.25) is 9.10 Å². The summed E-state index contributed by atoms with van der Waals surface area (Å²) in [4.78, 5) is 18.9. The summed E-state index contributed by atoms with van der Waals surface area (Å²) >= 11 is 6.19. The van der Waals surface area contributed by atoms with Crippen molar-refractivity contribution in [2.45, 2.75) is 62.4 Å². The van der Waals surface area contributed by atoms with Crippen molar-refractivity contribution in [1.82, 2.24) is 19.5 Å². The number of benzene rings is 2. The number of rotatable bonds is 6. The highest BCUT2D eigenvalue weighted by Gasteiger charge is 2.49. The van der Waals surface area contributed by atoms with Gasteiger partial charge >= 0.3 is 10.2 Å². The van der Waals surface area contributed by atoms with Crippen LogP contribution in [0, 0.1) is 0 Å². The van der Waals surface area contributed by atoms with Gasteiger partial charge in [-0.25, -0.2) is 0 Å². The fourth-order valence-electron chi connectivity index (χ4n) is 7.30. The minimum Gasteiger partial charge on any atom is -0.360 e. The van der Waals surface area contributed by atoms with E-state index in [1.54, 1.807) is 22.6 Å². The summed E-state index contributed by atoms with van der Waals surface area (Å²) in [5, 5.41) is 4.62. The molecule has 40 heavy (non-hydrogen) atoms. The first-order chi connectivity index (χ1) is 19.3. The van der Waals surface area contributed by atoms with Crippen LogP contribution in [0.2, 0.25) is 5.02 Å². The van der Waals surface area contributed by atoms with E-state index in [0.717, 1.165) is 23.9 Å². The lowest BCUT2D eigenvalue weighted by atomic mass is 9.64. The van der Waals surface area contributed by atoms with E-state index in [4.69, 9.17) is 11.6 Å². The molecule has 2 atom stereocenters. The van der Waals surface area contributed by atoms with Crippen LogP contribution in [-0.2, 0) is 15.6 Å². The SMILES string of the molecule is O=C(N[C@H]1CCCN2[C@@H]1CN(c1ccc(C3(CN4CCCC4)CCC3)cc1)S2(=O)=O)c1ccc2c(Cl)c[nH]c2c1. The van der Waals surface area contributed by atoms with Crippen LogP contribution < -0.4 is 9.62 Å². The van der Waals surface area contributed by atoms with Gasteiger partial charge in [0.15, 0.2) is 0 Å². The number of piperidine rings is 1.